The molecule has 1 amide bonds. The van der Waals surface area contributed by atoms with Crippen LogP contribution in [0.15, 0.2) is 34.9 Å². The maximum atomic E-state index is 11.0. The Morgan fingerprint density at radius 1 is 0.960 bits per heavy atom. The van der Waals surface area contributed by atoms with Gasteiger partial charge in [0.15, 0.2) is 0 Å². The Kier molecular flexibility index (Phi) is 12.9. The Hall–Kier alpha value is -1.49. The second-order valence-corrected chi connectivity index (χ2v) is 7.66. The summed E-state index contributed by atoms with van der Waals surface area (Å²) in [6.45, 7) is 9.87. The van der Waals surface area contributed by atoms with E-state index in [0.717, 1.165) is 31.4 Å². The van der Waals surface area contributed by atoms with Crippen molar-refractivity contribution in [3.63, 3.8) is 0 Å². The molecule has 0 radical (unpaired) electrons. The molecule has 1 unspecified atom stereocenters. The SMILES string of the molecule is CC(=O)NC(CSC/C=C(\C)CC/C=C(\C)CCC=C(C)C)C(=O)O. The van der Waals surface area contributed by atoms with Crippen molar-refractivity contribution in [2.75, 3.05) is 11.5 Å². The van der Waals surface area contributed by atoms with E-state index in [4.69, 9.17) is 5.11 Å². The highest BCUT2D eigenvalue weighted by atomic mass is 32.2. The van der Waals surface area contributed by atoms with Crippen molar-refractivity contribution in [2.24, 2.45) is 0 Å². The number of allylic oxidation sites excluding steroid dienone is 5. The van der Waals surface area contributed by atoms with Crippen molar-refractivity contribution in [3.8, 4) is 0 Å². The van der Waals surface area contributed by atoms with E-state index in [1.54, 1.807) is 0 Å². The van der Waals surface area contributed by atoms with Gasteiger partial charge in [0.25, 0.3) is 0 Å². The summed E-state index contributed by atoms with van der Waals surface area (Å²) in [5.74, 6) is -0.163. The molecule has 0 aliphatic rings. The fourth-order valence-electron chi connectivity index (χ4n) is 2.15. The van der Waals surface area contributed by atoms with Crippen molar-refractivity contribution < 1.29 is 14.7 Å². The Morgan fingerprint density at radius 3 is 2.04 bits per heavy atom. The van der Waals surface area contributed by atoms with Crippen LogP contribution >= 0.6 is 11.8 Å². The molecule has 0 rings (SSSR count). The zero-order valence-electron chi connectivity index (χ0n) is 16.2. The summed E-state index contributed by atoms with van der Waals surface area (Å²) in [5, 5.41) is 11.5. The summed E-state index contributed by atoms with van der Waals surface area (Å²) in [7, 11) is 0. The van der Waals surface area contributed by atoms with Crippen molar-refractivity contribution in [1.82, 2.24) is 5.32 Å². The quantitative estimate of drug-likeness (QED) is 0.387. The molecular formula is C20H33NO3S. The number of hydrogen-bond donors (Lipinski definition) is 2. The molecule has 0 saturated carbocycles. The molecule has 0 saturated heterocycles. The molecule has 5 heteroatoms. The van der Waals surface area contributed by atoms with Crippen LogP contribution in [0.4, 0.5) is 0 Å². The second-order valence-electron chi connectivity index (χ2n) is 6.59. The maximum absolute atomic E-state index is 11.0. The predicted molar refractivity (Wildman–Crippen MR) is 108 cm³/mol. The van der Waals surface area contributed by atoms with Crippen molar-refractivity contribution >= 4 is 23.6 Å². The molecule has 0 aliphatic carbocycles. The lowest BCUT2D eigenvalue weighted by atomic mass is 10.1. The fraction of sp³-hybridized carbons (Fsp3) is 0.600. The van der Waals surface area contributed by atoms with Gasteiger partial charge in [0, 0.05) is 18.4 Å². The molecule has 4 nitrogen and oxygen atoms in total. The first-order valence-electron chi connectivity index (χ1n) is 8.74. The van der Waals surface area contributed by atoms with Crippen LogP contribution in [0, 0.1) is 0 Å². The molecular weight excluding hydrogens is 334 g/mol. The monoisotopic (exact) mass is 367 g/mol. The number of carboxylic acid groups (broad SMARTS) is 1. The highest BCUT2D eigenvalue weighted by Crippen LogP contribution is 2.13. The lowest BCUT2D eigenvalue weighted by molar-refractivity contribution is -0.140. The molecule has 25 heavy (non-hydrogen) atoms. The van der Waals surface area contributed by atoms with Crippen LogP contribution in [0.5, 0.6) is 0 Å². The van der Waals surface area contributed by atoms with E-state index in [1.807, 2.05) is 0 Å². The topological polar surface area (TPSA) is 66.4 Å². The summed E-state index contributed by atoms with van der Waals surface area (Å²) in [6, 6.07) is -0.817. The molecule has 0 heterocycles. The van der Waals surface area contributed by atoms with Crippen LogP contribution in [0.2, 0.25) is 0 Å². The highest BCUT2D eigenvalue weighted by Gasteiger charge is 2.17. The van der Waals surface area contributed by atoms with E-state index in [1.165, 1.54) is 35.4 Å². The third-order valence-electron chi connectivity index (χ3n) is 3.63. The largest absolute Gasteiger partial charge is 0.480 e. The molecule has 0 aromatic carbocycles. The van der Waals surface area contributed by atoms with Crippen molar-refractivity contribution in [1.29, 1.82) is 0 Å². The van der Waals surface area contributed by atoms with Gasteiger partial charge in [-0.1, -0.05) is 34.9 Å². The van der Waals surface area contributed by atoms with Gasteiger partial charge in [0.2, 0.25) is 5.91 Å². The number of amides is 1. The van der Waals surface area contributed by atoms with Crippen molar-refractivity contribution in [3.05, 3.63) is 34.9 Å². The molecule has 1 atom stereocenters. The Balaban J connectivity index is 4.07. The predicted octanol–water partition coefficient (Wildman–Crippen LogP) is 4.73. The first-order chi connectivity index (χ1) is 11.7. The minimum absolute atomic E-state index is 0.313. The van der Waals surface area contributed by atoms with Gasteiger partial charge in [-0.15, -0.1) is 0 Å². The molecule has 142 valence electrons. The van der Waals surface area contributed by atoms with Gasteiger partial charge in [-0.2, -0.15) is 11.8 Å². The summed E-state index contributed by atoms with van der Waals surface area (Å²) in [4.78, 5) is 22.0. The maximum Gasteiger partial charge on any atom is 0.327 e. The average Bonchev–Trinajstić information content (AvgIpc) is 2.49. The first kappa shape index (κ1) is 23.5. The van der Waals surface area contributed by atoms with Gasteiger partial charge >= 0.3 is 5.97 Å². The van der Waals surface area contributed by atoms with Crippen LogP contribution in [0.1, 0.15) is 60.3 Å². The molecule has 0 aromatic heterocycles. The fourth-order valence-corrected chi connectivity index (χ4v) is 3.15. The average molecular weight is 368 g/mol. The van der Waals surface area contributed by atoms with Gasteiger partial charge in [0.05, 0.1) is 0 Å². The van der Waals surface area contributed by atoms with Gasteiger partial charge in [0.1, 0.15) is 6.04 Å². The summed E-state index contributed by atoms with van der Waals surface area (Å²) in [5.41, 5.74) is 4.11. The molecule has 0 aromatic rings. The van der Waals surface area contributed by atoms with Crippen molar-refractivity contribution in [2.45, 2.75) is 66.3 Å². The van der Waals surface area contributed by atoms with E-state index in [9.17, 15) is 9.59 Å². The normalized spacial score (nSPS) is 13.3. The van der Waals surface area contributed by atoms with Gasteiger partial charge in [-0.25, -0.2) is 4.79 Å². The number of carbonyl (C=O) groups is 2. The number of nitrogens with one attached hydrogen (secondary N) is 1. The van der Waals surface area contributed by atoms with Crippen LogP contribution in [-0.2, 0) is 9.59 Å². The van der Waals surface area contributed by atoms with E-state index in [-0.39, 0.29) is 5.91 Å². The Labute approximate surface area is 156 Å². The van der Waals surface area contributed by atoms with E-state index < -0.39 is 12.0 Å². The smallest absolute Gasteiger partial charge is 0.327 e. The number of carboxylic acids is 1. The zero-order chi connectivity index (χ0) is 19.2. The minimum atomic E-state index is -0.989. The van der Waals surface area contributed by atoms with Gasteiger partial charge < -0.3 is 10.4 Å². The molecule has 0 bridgehead atoms. The van der Waals surface area contributed by atoms with Gasteiger partial charge in [-0.05, 0) is 53.4 Å². The van der Waals surface area contributed by atoms with Crippen LogP contribution in [0.25, 0.3) is 0 Å². The number of aliphatic carboxylic acids is 1. The van der Waals surface area contributed by atoms with Crippen LogP contribution in [-0.4, -0.2) is 34.5 Å². The zero-order valence-corrected chi connectivity index (χ0v) is 17.0. The summed E-state index contributed by atoms with van der Waals surface area (Å²) >= 11 is 1.52. The number of carbonyl (C=O) groups excluding carboxylic acids is 1. The number of rotatable bonds is 12. The second kappa shape index (κ2) is 13.8. The number of thioether (sulfide) groups is 1. The third kappa shape index (κ3) is 14.6. The number of hydrogen-bond acceptors (Lipinski definition) is 3. The molecule has 0 spiro atoms. The summed E-state index contributed by atoms with van der Waals surface area (Å²) in [6.07, 6.45) is 11.0. The lowest BCUT2D eigenvalue weighted by Gasteiger charge is -2.12. The Bertz CT molecular complexity index is 517. The van der Waals surface area contributed by atoms with Crippen LogP contribution in [0.3, 0.4) is 0 Å². The molecule has 2 N–H and O–H groups in total. The minimum Gasteiger partial charge on any atom is -0.480 e. The Morgan fingerprint density at radius 2 is 1.52 bits per heavy atom. The third-order valence-corrected chi connectivity index (χ3v) is 4.60. The first-order valence-corrected chi connectivity index (χ1v) is 9.90. The highest BCUT2D eigenvalue weighted by molar-refractivity contribution is 7.99. The summed E-state index contributed by atoms with van der Waals surface area (Å²) < 4.78 is 0. The molecule has 0 aliphatic heterocycles. The van der Waals surface area contributed by atoms with E-state index in [0.29, 0.717) is 5.75 Å². The van der Waals surface area contributed by atoms with Crippen LogP contribution < -0.4 is 5.32 Å². The van der Waals surface area contributed by atoms with Gasteiger partial charge in [-0.3, -0.25) is 4.79 Å². The molecule has 0 fully saturated rings. The van der Waals surface area contributed by atoms with E-state index >= 15 is 0 Å². The standard InChI is InChI=1S/C20H33NO3S/c1-15(2)8-6-9-16(3)10-7-11-17(4)12-13-25-14-19(20(23)24)21-18(5)22/h8,10,12,19H,6-7,9,11,13-14H2,1-5H3,(H,21,22)(H,23,24)/b16-10+,17-12+. The lowest BCUT2D eigenvalue weighted by Crippen LogP contribution is -2.41. The van der Waals surface area contributed by atoms with E-state index in [2.05, 4.69) is 51.2 Å².